The average molecular weight is 641 g/mol. The van der Waals surface area contributed by atoms with Crippen LogP contribution in [-0.2, 0) is 28.2 Å². The van der Waals surface area contributed by atoms with Crippen LogP contribution in [0.5, 0.6) is 0 Å². The number of piperidine rings is 1. The molecule has 240 valence electrons. The van der Waals surface area contributed by atoms with Crippen molar-refractivity contribution in [3.8, 4) is 0 Å². The van der Waals surface area contributed by atoms with Crippen molar-refractivity contribution in [1.29, 1.82) is 0 Å². The smallest absolute Gasteiger partial charge is 0.251 e. The maximum Gasteiger partial charge on any atom is 0.251 e. The molecular formula is C38H41ClN2O5. The van der Waals surface area contributed by atoms with Gasteiger partial charge in [0.25, 0.3) is 5.91 Å². The van der Waals surface area contributed by atoms with Crippen molar-refractivity contribution in [2.45, 2.75) is 57.0 Å². The minimum absolute atomic E-state index is 0.00873. The first-order chi connectivity index (χ1) is 22.3. The Kier molecular flexibility index (Phi) is 10.2. The number of hydrogen-bond acceptors (Lipinski definition) is 6. The van der Waals surface area contributed by atoms with E-state index in [9.17, 15) is 15.0 Å². The summed E-state index contributed by atoms with van der Waals surface area (Å²) in [4.78, 5) is 14.9. The second kappa shape index (κ2) is 14.5. The van der Waals surface area contributed by atoms with Crippen LogP contribution in [0.3, 0.4) is 0 Å². The number of carbonyl (C=O) groups is 1. The van der Waals surface area contributed by atoms with E-state index in [2.05, 4.69) is 17.1 Å². The fourth-order valence-corrected chi connectivity index (χ4v) is 6.53. The molecule has 1 amide bonds. The fraction of sp³-hybridized carbons (Fsp3) is 0.342. The van der Waals surface area contributed by atoms with Gasteiger partial charge < -0.3 is 29.9 Å². The third-order valence-electron chi connectivity index (χ3n) is 9.37. The van der Waals surface area contributed by atoms with Crippen LogP contribution >= 0.6 is 11.6 Å². The minimum Gasteiger partial charge on any atom is -0.392 e. The molecular weight excluding hydrogens is 600 g/mol. The molecule has 2 heterocycles. The maximum absolute atomic E-state index is 12.5. The molecule has 0 aliphatic carbocycles. The Morgan fingerprint density at radius 1 is 0.870 bits per heavy atom. The Morgan fingerprint density at radius 3 is 2.15 bits per heavy atom. The van der Waals surface area contributed by atoms with Crippen LogP contribution in [-0.4, -0.2) is 46.8 Å². The highest BCUT2D eigenvalue weighted by Crippen LogP contribution is 2.42. The standard InChI is InChI=1S/C38H41ClN2O5/c1-26-34(24-41-21-19-38(44,20-22-41)32-15-17-33(39)18-16-32)45-37(46-35(26)29-11-9-28(25-42)10-12-29)31-13-7-27(8-14-31)23-40-36(43)30-5-3-2-4-6-30/h2-18,26,34-35,37,42,44H,19-25H2,1H3,(H,40,43). The van der Waals surface area contributed by atoms with Gasteiger partial charge in [0.2, 0.25) is 0 Å². The molecule has 4 aromatic carbocycles. The molecule has 4 atom stereocenters. The van der Waals surface area contributed by atoms with Gasteiger partial charge in [0.15, 0.2) is 6.29 Å². The molecule has 7 nitrogen and oxygen atoms in total. The number of amides is 1. The number of rotatable bonds is 9. The zero-order valence-corrected chi connectivity index (χ0v) is 26.8. The Morgan fingerprint density at radius 2 is 1.50 bits per heavy atom. The molecule has 4 aromatic rings. The Labute approximate surface area is 275 Å². The highest BCUT2D eigenvalue weighted by atomic mass is 35.5. The van der Waals surface area contributed by atoms with E-state index in [1.807, 2.05) is 91.0 Å². The summed E-state index contributed by atoms with van der Waals surface area (Å²) in [5.41, 5.74) is 4.44. The summed E-state index contributed by atoms with van der Waals surface area (Å²) in [7, 11) is 0. The molecule has 0 bridgehead atoms. The largest absolute Gasteiger partial charge is 0.392 e. The van der Waals surface area contributed by atoms with Crippen molar-refractivity contribution in [3.63, 3.8) is 0 Å². The van der Waals surface area contributed by atoms with Crippen molar-refractivity contribution >= 4 is 17.5 Å². The van der Waals surface area contributed by atoms with E-state index in [0.717, 1.165) is 40.9 Å². The normalized spacial score (nSPS) is 23.1. The van der Waals surface area contributed by atoms with Gasteiger partial charge in [-0.2, -0.15) is 0 Å². The average Bonchev–Trinajstić information content (AvgIpc) is 3.10. The van der Waals surface area contributed by atoms with Crippen molar-refractivity contribution in [3.05, 3.63) is 142 Å². The molecule has 4 unspecified atom stereocenters. The molecule has 0 saturated carbocycles. The van der Waals surface area contributed by atoms with Crippen LogP contribution in [0, 0.1) is 5.92 Å². The molecule has 2 fully saturated rings. The highest BCUT2D eigenvalue weighted by Gasteiger charge is 2.41. The second-order valence-electron chi connectivity index (χ2n) is 12.5. The number of hydrogen-bond donors (Lipinski definition) is 3. The molecule has 8 heteroatoms. The number of nitrogens with zero attached hydrogens (tertiary/aromatic N) is 1. The lowest BCUT2D eigenvalue weighted by atomic mass is 9.84. The minimum atomic E-state index is -0.870. The number of nitrogens with one attached hydrogen (secondary N) is 1. The molecule has 0 aromatic heterocycles. The van der Waals surface area contributed by atoms with Crippen LogP contribution in [0.25, 0.3) is 0 Å². The van der Waals surface area contributed by atoms with E-state index in [0.29, 0.717) is 36.5 Å². The first-order valence-corrected chi connectivity index (χ1v) is 16.3. The molecule has 0 spiro atoms. The number of aliphatic hydroxyl groups is 2. The van der Waals surface area contributed by atoms with Gasteiger partial charge in [0, 0.05) is 48.2 Å². The lowest BCUT2D eigenvalue weighted by Gasteiger charge is -2.45. The molecule has 0 radical (unpaired) electrons. The zero-order valence-electron chi connectivity index (χ0n) is 26.0. The zero-order chi connectivity index (χ0) is 32.1. The number of benzene rings is 4. The Bertz CT molecular complexity index is 1570. The summed E-state index contributed by atoms with van der Waals surface area (Å²) in [6.07, 6.45) is 0.353. The van der Waals surface area contributed by atoms with Gasteiger partial charge in [-0.15, -0.1) is 0 Å². The number of carbonyl (C=O) groups excluding carboxylic acids is 1. The third-order valence-corrected chi connectivity index (χ3v) is 9.62. The summed E-state index contributed by atoms with van der Waals surface area (Å²) in [5.74, 6) is -0.0550. The second-order valence-corrected chi connectivity index (χ2v) is 12.9. The Balaban J connectivity index is 1.15. The van der Waals surface area contributed by atoms with E-state index >= 15 is 0 Å². The highest BCUT2D eigenvalue weighted by molar-refractivity contribution is 6.30. The van der Waals surface area contributed by atoms with Gasteiger partial charge in [-0.05, 0) is 59.4 Å². The molecule has 3 N–H and O–H groups in total. The SMILES string of the molecule is CC1C(CN2CCC(O)(c3ccc(Cl)cc3)CC2)OC(c2ccc(CNC(=O)c3ccccc3)cc2)OC1c1ccc(CO)cc1. The summed E-state index contributed by atoms with van der Waals surface area (Å²) in [6, 6.07) is 32.6. The molecule has 2 aliphatic rings. The Hall–Kier alpha value is -3.56. The van der Waals surface area contributed by atoms with Crippen molar-refractivity contribution in [2.24, 2.45) is 5.92 Å². The summed E-state index contributed by atoms with van der Waals surface area (Å²) in [6.45, 7) is 4.78. The van der Waals surface area contributed by atoms with Crippen molar-refractivity contribution in [1.82, 2.24) is 10.2 Å². The van der Waals surface area contributed by atoms with Gasteiger partial charge in [0.05, 0.1) is 24.4 Å². The molecule has 2 aliphatic heterocycles. The van der Waals surface area contributed by atoms with Crippen LogP contribution in [0.4, 0.5) is 0 Å². The first-order valence-electron chi connectivity index (χ1n) is 15.9. The summed E-state index contributed by atoms with van der Waals surface area (Å²) < 4.78 is 13.3. The fourth-order valence-electron chi connectivity index (χ4n) is 6.40. The quantitative estimate of drug-likeness (QED) is 0.193. The lowest BCUT2D eigenvalue weighted by Crippen LogP contribution is -2.49. The summed E-state index contributed by atoms with van der Waals surface area (Å²) in [5, 5.41) is 24.6. The van der Waals surface area contributed by atoms with Crippen LogP contribution in [0.15, 0.2) is 103 Å². The van der Waals surface area contributed by atoms with E-state index in [1.165, 1.54) is 0 Å². The summed E-state index contributed by atoms with van der Waals surface area (Å²) >= 11 is 6.08. The predicted octanol–water partition coefficient (Wildman–Crippen LogP) is 6.54. The van der Waals surface area contributed by atoms with Gasteiger partial charge in [0.1, 0.15) is 0 Å². The number of likely N-dealkylation sites (tertiary alicyclic amines) is 1. The van der Waals surface area contributed by atoms with Gasteiger partial charge in [-0.25, -0.2) is 0 Å². The maximum atomic E-state index is 12.5. The molecule has 2 saturated heterocycles. The van der Waals surface area contributed by atoms with E-state index in [-0.39, 0.29) is 30.6 Å². The number of halogens is 1. The van der Waals surface area contributed by atoms with Gasteiger partial charge in [-0.1, -0.05) is 97.4 Å². The van der Waals surface area contributed by atoms with Crippen LogP contribution in [0.2, 0.25) is 5.02 Å². The van der Waals surface area contributed by atoms with Crippen molar-refractivity contribution in [2.75, 3.05) is 19.6 Å². The van der Waals surface area contributed by atoms with Crippen molar-refractivity contribution < 1.29 is 24.5 Å². The lowest BCUT2D eigenvalue weighted by molar-refractivity contribution is -0.277. The predicted molar refractivity (Wildman–Crippen MR) is 178 cm³/mol. The first kappa shape index (κ1) is 32.4. The van der Waals surface area contributed by atoms with Gasteiger partial charge >= 0.3 is 0 Å². The van der Waals surface area contributed by atoms with Crippen LogP contribution < -0.4 is 5.32 Å². The third kappa shape index (κ3) is 7.52. The van der Waals surface area contributed by atoms with E-state index < -0.39 is 11.9 Å². The van der Waals surface area contributed by atoms with Crippen LogP contribution in [0.1, 0.15) is 70.3 Å². The van der Waals surface area contributed by atoms with E-state index in [4.69, 9.17) is 21.1 Å². The number of ether oxygens (including phenoxy) is 2. The number of aliphatic hydroxyl groups excluding tert-OH is 1. The molecule has 46 heavy (non-hydrogen) atoms. The topological polar surface area (TPSA) is 91.3 Å². The van der Waals surface area contributed by atoms with E-state index in [1.54, 1.807) is 12.1 Å². The van der Waals surface area contributed by atoms with Gasteiger partial charge in [-0.3, -0.25) is 4.79 Å². The monoisotopic (exact) mass is 640 g/mol. The molecule has 6 rings (SSSR count).